The van der Waals surface area contributed by atoms with Gasteiger partial charge in [0.25, 0.3) is 11.5 Å². The molecule has 29 heavy (non-hydrogen) atoms. The van der Waals surface area contributed by atoms with Crippen molar-refractivity contribution in [3.8, 4) is 5.88 Å². The topological polar surface area (TPSA) is 126 Å². The fourth-order valence-corrected chi connectivity index (χ4v) is 3.25. The van der Waals surface area contributed by atoms with Crippen LogP contribution in [-0.4, -0.2) is 42.6 Å². The second-order valence-electron chi connectivity index (χ2n) is 6.39. The lowest BCUT2D eigenvalue weighted by molar-refractivity contribution is -0.135. The van der Waals surface area contributed by atoms with Crippen LogP contribution in [0.15, 0.2) is 59.4 Å². The van der Waals surface area contributed by atoms with Gasteiger partial charge in [0.2, 0.25) is 11.7 Å². The third kappa shape index (κ3) is 3.18. The molecule has 0 aliphatic rings. The molecule has 4 rings (SSSR count). The zero-order valence-electron chi connectivity index (χ0n) is 15.1. The summed E-state index contributed by atoms with van der Waals surface area (Å²) in [6, 6.07) is 16.6. The van der Waals surface area contributed by atoms with E-state index in [1.54, 1.807) is 16.7 Å². The molecule has 0 saturated heterocycles. The molecule has 0 unspecified atom stereocenters. The number of imidazole rings is 1. The van der Waals surface area contributed by atoms with Crippen molar-refractivity contribution in [3.05, 3.63) is 76.1 Å². The molecule has 0 atom stereocenters. The fraction of sp³-hybridized carbons (Fsp3) is 0.100. The van der Waals surface area contributed by atoms with Gasteiger partial charge in [-0.05, 0) is 17.7 Å². The molecule has 9 heteroatoms. The maximum atomic E-state index is 13.1. The van der Waals surface area contributed by atoms with Crippen molar-refractivity contribution in [2.24, 2.45) is 0 Å². The number of aliphatic carboxylic acids is 1. The van der Waals surface area contributed by atoms with E-state index in [0.29, 0.717) is 17.6 Å². The van der Waals surface area contributed by atoms with Gasteiger partial charge in [0.15, 0.2) is 5.56 Å². The molecule has 4 aromatic rings. The number of benzene rings is 2. The highest BCUT2D eigenvalue weighted by Gasteiger charge is 2.24. The summed E-state index contributed by atoms with van der Waals surface area (Å²) >= 11 is 0. The third-order valence-corrected chi connectivity index (χ3v) is 4.51. The SMILES string of the molecule is O=C(O)CNC(=O)c1c(O)nc2n(Cc3ccccc3)c3ccccc3n2c1=O. The van der Waals surface area contributed by atoms with Gasteiger partial charge in [0, 0.05) is 0 Å². The Hall–Kier alpha value is -4.14. The number of carboxylic acids is 1. The zero-order chi connectivity index (χ0) is 20.5. The molecule has 0 spiro atoms. The van der Waals surface area contributed by atoms with E-state index in [2.05, 4.69) is 10.3 Å². The van der Waals surface area contributed by atoms with Gasteiger partial charge in [-0.3, -0.25) is 14.4 Å². The van der Waals surface area contributed by atoms with Crippen molar-refractivity contribution in [3.63, 3.8) is 0 Å². The van der Waals surface area contributed by atoms with E-state index in [1.165, 1.54) is 4.40 Å². The summed E-state index contributed by atoms with van der Waals surface area (Å²) in [5, 5.41) is 21.1. The first kappa shape index (κ1) is 18.2. The molecule has 0 saturated carbocycles. The van der Waals surface area contributed by atoms with Crippen molar-refractivity contribution in [2.75, 3.05) is 6.54 Å². The van der Waals surface area contributed by atoms with Crippen LogP contribution in [0.4, 0.5) is 0 Å². The minimum Gasteiger partial charge on any atom is -0.492 e. The molecular formula is C20H16N4O5. The molecule has 2 aromatic carbocycles. The summed E-state index contributed by atoms with van der Waals surface area (Å²) in [5.41, 5.74) is 0.796. The number of fused-ring (bicyclic) bond motifs is 3. The Bertz CT molecular complexity index is 1310. The van der Waals surface area contributed by atoms with Gasteiger partial charge in [0.05, 0.1) is 17.6 Å². The maximum Gasteiger partial charge on any atom is 0.322 e. The van der Waals surface area contributed by atoms with Crippen LogP contribution in [0.2, 0.25) is 0 Å². The van der Waals surface area contributed by atoms with E-state index in [-0.39, 0.29) is 5.78 Å². The molecule has 3 N–H and O–H groups in total. The Kier molecular flexibility index (Phi) is 4.47. The van der Waals surface area contributed by atoms with Crippen molar-refractivity contribution in [2.45, 2.75) is 6.54 Å². The number of aromatic hydroxyl groups is 1. The van der Waals surface area contributed by atoms with Crippen LogP contribution in [0.25, 0.3) is 16.8 Å². The predicted octanol–water partition coefficient (Wildman–Crippen LogP) is 1.22. The number of para-hydroxylation sites is 2. The van der Waals surface area contributed by atoms with Crippen molar-refractivity contribution in [1.29, 1.82) is 0 Å². The van der Waals surface area contributed by atoms with E-state index >= 15 is 0 Å². The largest absolute Gasteiger partial charge is 0.492 e. The second kappa shape index (κ2) is 7.12. The number of nitrogens with zero attached hydrogens (tertiary/aromatic N) is 3. The molecule has 2 aromatic heterocycles. The highest BCUT2D eigenvalue weighted by atomic mass is 16.4. The molecule has 1 amide bonds. The maximum absolute atomic E-state index is 13.1. The number of carbonyl (C=O) groups excluding carboxylic acids is 1. The number of carboxylic acid groups (broad SMARTS) is 1. The van der Waals surface area contributed by atoms with E-state index in [4.69, 9.17) is 5.11 Å². The van der Waals surface area contributed by atoms with Gasteiger partial charge in [0.1, 0.15) is 6.54 Å². The van der Waals surface area contributed by atoms with Crippen LogP contribution in [-0.2, 0) is 11.3 Å². The minimum absolute atomic E-state index is 0.173. The van der Waals surface area contributed by atoms with Crippen LogP contribution in [0, 0.1) is 0 Å². The Balaban J connectivity index is 1.95. The summed E-state index contributed by atoms with van der Waals surface area (Å²) in [5.74, 6) is -2.86. The van der Waals surface area contributed by atoms with Crippen LogP contribution >= 0.6 is 0 Å². The lowest BCUT2D eigenvalue weighted by atomic mass is 10.2. The molecule has 0 fully saturated rings. The summed E-state index contributed by atoms with van der Waals surface area (Å²) in [7, 11) is 0. The Morgan fingerprint density at radius 1 is 1.00 bits per heavy atom. The smallest absolute Gasteiger partial charge is 0.322 e. The first-order valence-corrected chi connectivity index (χ1v) is 8.74. The average Bonchev–Trinajstić information content (AvgIpc) is 3.01. The highest BCUT2D eigenvalue weighted by molar-refractivity contribution is 5.98. The summed E-state index contributed by atoms with van der Waals surface area (Å²) in [6.45, 7) is -0.287. The van der Waals surface area contributed by atoms with E-state index in [1.807, 2.05) is 42.5 Å². The Morgan fingerprint density at radius 2 is 1.66 bits per heavy atom. The number of amides is 1. The first-order chi connectivity index (χ1) is 14.0. The van der Waals surface area contributed by atoms with Gasteiger partial charge < -0.3 is 20.1 Å². The third-order valence-electron chi connectivity index (χ3n) is 4.51. The monoisotopic (exact) mass is 392 g/mol. The number of aromatic nitrogens is 3. The number of hydrogen-bond donors (Lipinski definition) is 3. The van der Waals surface area contributed by atoms with Gasteiger partial charge in [-0.25, -0.2) is 4.40 Å². The van der Waals surface area contributed by atoms with Crippen LogP contribution in [0.1, 0.15) is 15.9 Å². The molecule has 9 nitrogen and oxygen atoms in total. The minimum atomic E-state index is -1.27. The number of carbonyl (C=O) groups is 2. The predicted molar refractivity (Wildman–Crippen MR) is 104 cm³/mol. The molecule has 2 heterocycles. The van der Waals surface area contributed by atoms with E-state index < -0.39 is 35.4 Å². The fourth-order valence-electron chi connectivity index (χ4n) is 3.25. The van der Waals surface area contributed by atoms with Crippen molar-refractivity contribution in [1.82, 2.24) is 19.3 Å². The number of rotatable bonds is 5. The van der Waals surface area contributed by atoms with E-state index in [9.17, 15) is 19.5 Å². The van der Waals surface area contributed by atoms with Crippen LogP contribution in [0.5, 0.6) is 5.88 Å². The van der Waals surface area contributed by atoms with Gasteiger partial charge in [-0.1, -0.05) is 42.5 Å². The number of hydrogen-bond acceptors (Lipinski definition) is 5. The Morgan fingerprint density at radius 3 is 2.34 bits per heavy atom. The highest BCUT2D eigenvalue weighted by Crippen LogP contribution is 2.22. The average molecular weight is 392 g/mol. The van der Waals surface area contributed by atoms with Crippen molar-refractivity contribution >= 4 is 28.7 Å². The van der Waals surface area contributed by atoms with Crippen molar-refractivity contribution < 1.29 is 19.8 Å². The summed E-state index contributed by atoms with van der Waals surface area (Å²) in [4.78, 5) is 40.1. The van der Waals surface area contributed by atoms with Gasteiger partial charge >= 0.3 is 5.97 Å². The standard InChI is InChI=1S/C20H16N4O5/c25-15(26)10-21-17(27)16-18(28)22-20-23(11-12-6-2-1-3-7-12)13-8-4-5-9-14(13)24(20)19(16)29/h1-9,28H,10-11H2,(H,21,27)(H,25,26). The Labute approximate surface area is 163 Å². The number of nitrogens with one attached hydrogen (secondary N) is 1. The molecular weight excluding hydrogens is 376 g/mol. The normalized spacial score (nSPS) is 11.0. The lowest BCUT2D eigenvalue weighted by Gasteiger charge is -2.08. The summed E-state index contributed by atoms with van der Waals surface area (Å²) in [6.07, 6.45) is 0. The van der Waals surface area contributed by atoms with Crippen LogP contribution < -0.4 is 10.9 Å². The summed E-state index contributed by atoms with van der Waals surface area (Å²) < 4.78 is 3.01. The van der Waals surface area contributed by atoms with Gasteiger partial charge in [-0.15, -0.1) is 0 Å². The first-order valence-electron chi connectivity index (χ1n) is 8.74. The van der Waals surface area contributed by atoms with Crippen LogP contribution in [0.3, 0.4) is 0 Å². The quantitative estimate of drug-likeness (QED) is 0.469. The lowest BCUT2D eigenvalue weighted by Crippen LogP contribution is -2.34. The zero-order valence-corrected chi connectivity index (χ0v) is 15.1. The molecule has 146 valence electrons. The molecule has 0 aliphatic carbocycles. The second-order valence-corrected chi connectivity index (χ2v) is 6.39. The molecule has 0 bridgehead atoms. The van der Waals surface area contributed by atoms with E-state index in [0.717, 1.165) is 5.56 Å². The molecule has 0 radical (unpaired) electrons. The van der Waals surface area contributed by atoms with Gasteiger partial charge in [-0.2, -0.15) is 4.98 Å². The molecule has 0 aliphatic heterocycles.